The highest BCUT2D eigenvalue weighted by atomic mass is 32.2. The normalized spacial score (nSPS) is 11.0. The van der Waals surface area contributed by atoms with E-state index in [1.807, 2.05) is 6.07 Å². The van der Waals surface area contributed by atoms with Gasteiger partial charge in [-0.2, -0.15) is 0 Å². The van der Waals surface area contributed by atoms with E-state index in [9.17, 15) is 14.4 Å². The van der Waals surface area contributed by atoms with Gasteiger partial charge in [0.1, 0.15) is 23.0 Å². The number of ether oxygens (including phenoxy) is 2. The Morgan fingerprint density at radius 3 is 2.44 bits per heavy atom. The van der Waals surface area contributed by atoms with Crippen LogP contribution in [0.25, 0.3) is 6.08 Å². The van der Waals surface area contributed by atoms with E-state index in [0.29, 0.717) is 39.9 Å². The van der Waals surface area contributed by atoms with Gasteiger partial charge in [-0.3, -0.25) is 14.4 Å². The Bertz CT molecular complexity index is 1570. The van der Waals surface area contributed by atoms with Crippen LogP contribution in [0.3, 0.4) is 0 Å². The van der Waals surface area contributed by atoms with Crippen LogP contribution in [0.15, 0.2) is 94.0 Å². The van der Waals surface area contributed by atoms with Crippen LogP contribution in [-0.2, 0) is 9.59 Å². The van der Waals surface area contributed by atoms with Crippen molar-refractivity contribution in [2.75, 3.05) is 30.6 Å². The van der Waals surface area contributed by atoms with Gasteiger partial charge in [0.25, 0.3) is 11.8 Å². The van der Waals surface area contributed by atoms with Gasteiger partial charge in [-0.05, 0) is 55.5 Å². The fourth-order valence-corrected chi connectivity index (χ4v) is 4.41. The number of hydrogen-bond donors (Lipinski definition) is 3. The van der Waals surface area contributed by atoms with Crippen LogP contribution in [0, 0.1) is 6.92 Å². The molecule has 0 aliphatic carbocycles. The Morgan fingerprint density at radius 1 is 0.927 bits per heavy atom. The quantitative estimate of drug-likeness (QED) is 0.166. The maximum Gasteiger partial charge on any atom is 0.272 e. The van der Waals surface area contributed by atoms with Crippen molar-refractivity contribution in [3.8, 4) is 11.5 Å². The summed E-state index contributed by atoms with van der Waals surface area (Å²) >= 11 is 1.29. The third-order valence-corrected chi connectivity index (χ3v) is 6.62. The molecule has 0 spiro atoms. The molecule has 0 bridgehead atoms. The fraction of sp³-hybridized carbons (Fsp3) is 0.133. The van der Waals surface area contributed by atoms with Gasteiger partial charge in [-0.1, -0.05) is 29.4 Å². The number of aromatic nitrogens is 1. The fourth-order valence-electron chi connectivity index (χ4n) is 3.65. The van der Waals surface area contributed by atoms with Gasteiger partial charge in [0.05, 0.1) is 20.0 Å². The molecule has 0 saturated heterocycles. The summed E-state index contributed by atoms with van der Waals surface area (Å²) in [6, 6.07) is 22.4. The number of hydrogen-bond acceptors (Lipinski definition) is 8. The molecular formula is C30H28N4O6S. The number of nitrogens with zero attached hydrogens (tertiary/aromatic N) is 1. The molecule has 0 fully saturated rings. The second-order valence-corrected chi connectivity index (χ2v) is 9.68. The highest BCUT2D eigenvalue weighted by Gasteiger charge is 2.17. The topological polar surface area (TPSA) is 132 Å². The van der Waals surface area contributed by atoms with E-state index >= 15 is 0 Å². The highest BCUT2D eigenvalue weighted by molar-refractivity contribution is 8.00. The molecule has 4 aromatic rings. The molecule has 11 heteroatoms. The lowest BCUT2D eigenvalue weighted by Crippen LogP contribution is -2.30. The van der Waals surface area contributed by atoms with Gasteiger partial charge in [0.2, 0.25) is 5.91 Å². The standard InChI is InChI=1S/C30H28N4O6S/c1-19-14-27(34-40-19)33-28(35)18-41-24-11-7-10-22(16-24)31-30(37)25(32-29(36)20-8-5-4-6-9-20)15-21-12-13-23(38-2)17-26(21)39-3/h4-17H,18H2,1-3H3,(H,31,37)(H,32,36)(H,33,34,35)/b25-15+. The summed E-state index contributed by atoms with van der Waals surface area (Å²) in [7, 11) is 3.05. The molecule has 0 radical (unpaired) electrons. The number of nitrogens with one attached hydrogen (secondary N) is 3. The van der Waals surface area contributed by atoms with E-state index in [0.717, 1.165) is 4.90 Å². The minimum Gasteiger partial charge on any atom is -0.497 e. The van der Waals surface area contributed by atoms with E-state index in [-0.39, 0.29) is 17.4 Å². The van der Waals surface area contributed by atoms with Crippen molar-refractivity contribution >= 4 is 47.1 Å². The van der Waals surface area contributed by atoms with Crippen molar-refractivity contribution in [2.24, 2.45) is 0 Å². The first kappa shape index (κ1) is 29.0. The van der Waals surface area contributed by atoms with Crippen LogP contribution >= 0.6 is 11.8 Å². The zero-order valence-corrected chi connectivity index (χ0v) is 23.4. The first-order valence-corrected chi connectivity index (χ1v) is 13.4. The molecule has 0 unspecified atom stereocenters. The summed E-state index contributed by atoms with van der Waals surface area (Å²) in [6.07, 6.45) is 1.53. The first-order valence-electron chi connectivity index (χ1n) is 12.4. The number of thioether (sulfide) groups is 1. The van der Waals surface area contributed by atoms with E-state index < -0.39 is 11.8 Å². The van der Waals surface area contributed by atoms with Gasteiger partial charge in [-0.25, -0.2) is 0 Å². The van der Waals surface area contributed by atoms with Crippen molar-refractivity contribution in [3.63, 3.8) is 0 Å². The number of carbonyl (C=O) groups excluding carboxylic acids is 3. The predicted molar refractivity (Wildman–Crippen MR) is 157 cm³/mol. The number of benzene rings is 3. The Morgan fingerprint density at radius 2 is 1.73 bits per heavy atom. The van der Waals surface area contributed by atoms with Gasteiger partial charge < -0.3 is 29.9 Å². The van der Waals surface area contributed by atoms with Gasteiger partial charge in [-0.15, -0.1) is 11.8 Å². The summed E-state index contributed by atoms with van der Waals surface area (Å²) in [5.74, 6) is 0.859. The number of amides is 3. The number of aryl methyl sites for hydroxylation is 1. The van der Waals surface area contributed by atoms with E-state index in [1.165, 1.54) is 24.9 Å². The third-order valence-electron chi connectivity index (χ3n) is 5.63. The van der Waals surface area contributed by atoms with Crippen LogP contribution in [-0.4, -0.2) is 42.9 Å². The molecule has 0 atom stereocenters. The lowest BCUT2D eigenvalue weighted by Gasteiger charge is -2.13. The van der Waals surface area contributed by atoms with Crippen molar-refractivity contribution in [3.05, 3.63) is 101 Å². The van der Waals surface area contributed by atoms with Crippen molar-refractivity contribution in [1.29, 1.82) is 0 Å². The molecule has 210 valence electrons. The Labute approximate surface area is 241 Å². The zero-order chi connectivity index (χ0) is 29.2. The lowest BCUT2D eigenvalue weighted by molar-refractivity contribution is -0.114. The summed E-state index contributed by atoms with van der Waals surface area (Å²) in [4.78, 5) is 39.4. The molecular weight excluding hydrogens is 544 g/mol. The minimum atomic E-state index is -0.548. The average molecular weight is 573 g/mol. The van der Waals surface area contributed by atoms with Crippen LogP contribution < -0.4 is 25.4 Å². The van der Waals surface area contributed by atoms with Gasteiger partial charge >= 0.3 is 0 Å². The van der Waals surface area contributed by atoms with Crippen LogP contribution in [0.4, 0.5) is 11.5 Å². The molecule has 0 aliphatic heterocycles. The number of anilines is 2. The average Bonchev–Trinajstić information content (AvgIpc) is 3.40. The largest absolute Gasteiger partial charge is 0.497 e. The molecule has 3 aromatic carbocycles. The Hall–Kier alpha value is -5.03. The number of rotatable bonds is 11. The highest BCUT2D eigenvalue weighted by Crippen LogP contribution is 2.27. The first-order chi connectivity index (χ1) is 19.8. The summed E-state index contributed by atoms with van der Waals surface area (Å²) in [5.41, 5.74) is 1.44. The summed E-state index contributed by atoms with van der Waals surface area (Å²) in [6.45, 7) is 1.73. The maximum absolute atomic E-state index is 13.4. The van der Waals surface area contributed by atoms with Crippen molar-refractivity contribution in [1.82, 2.24) is 10.5 Å². The molecule has 1 aromatic heterocycles. The molecule has 3 N–H and O–H groups in total. The second-order valence-electron chi connectivity index (χ2n) is 8.63. The van der Waals surface area contributed by atoms with Crippen LogP contribution in [0.1, 0.15) is 21.7 Å². The van der Waals surface area contributed by atoms with Crippen LogP contribution in [0.2, 0.25) is 0 Å². The monoisotopic (exact) mass is 572 g/mol. The van der Waals surface area contributed by atoms with Crippen molar-refractivity contribution in [2.45, 2.75) is 11.8 Å². The number of carbonyl (C=O) groups is 3. The zero-order valence-electron chi connectivity index (χ0n) is 22.6. The summed E-state index contributed by atoms with van der Waals surface area (Å²) in [5, 5.41) is 12.0. The SMILES string of the molecule is COc1ccc(/C=C(/NC(=O)c2ccccc2)C(=O)Nc2cccc(SCC(=O)Nc3cc(C)on3)c2)c(OC)c1. The number of methoxy groups -OCH3 is 2. The minimum absolute atomic E-state index is 0.00246. The lowest BCUT2D eigenvalue weighted by atomic mass is 10.1. The predicted octanol–water partition coefficient (Wildman–Crippen LogP) is 5.14. The summed E-state index contributed by atoms with van der Waals surface area (Å²) < 4.78 is 15.7. The molecule has 1 heterocycles. The van der Waals surface area contributed by atoms with Gasteiger partial charge in [0.15, 0.2) is 5.82 Å². The molecule has 10 nitrogen and oxygen atoms in total. The van der Waals surface area contributed by atoms with Crippen LogP contribution in [0.5, 0.6) is 11.5 Å². The molecule has 4 rings (SSSR count). The molecule has 41 heavy (non-hydrogen) atoms. The second kappa shape index (κ2) is 13.9. The Balaban J connectivity index is 1.51. The van der Waals surface area contributed by atoms with Crippen molar-refractivity contribution < 1.29 is 28.4 Å². The van der Waals surface area contributed by atoms with Gasteiger partial charge in [0, 0.05) is 33.8 Å². The molecule has 0 saturated carbocycles. The molecule has 0 aliphatic rings. The van der Waals surface area contributed by atoms with E-state index in [4.69, 9.17) is 14.0 Å². The smallest absolute Gasteiger partial charge is 0.272 e. The Kier molecular flexibility index (Phi) is 9.79. The maximum atomic E-state index is 13.4. The van der Waals surface area contributed by atoms with E-state index in [1.54, 1.807) is 86.8 Å². The molecule has 3 amide bonds. The van der Waals surface area contributed by atoms with E-state index in [2.05, 4.69) is 21.1 Å². The third kappa shape index (κ3) is 8.23.